The van der Waals surface area contributed by atoms with Crippen LogP contribution in [0.15, 0.2) is 48.5 Å². The number of aromatic hydroxyl groups is 1. The highest BCUT2D eigenvalue weighted by molar-refractivity contribution is 5.31. The Kier molecular flexibility index (Phi) is 4.11. The van der Waals surface area contributed by atoms with Crippen molar-refractivity contribution in [2.45, 2.75) is 25.4 Å². The molecule has 0 radical (unpaired) electrons. The molecular weight excluding hydrogens is 262 g/mol. The molecule has 0 aromatic heterocycles. The van der Waals surface area contributed by atoms with Crippen molar-refractivity contribution >= 4 is 0 Å². The van der Waals surface area contributed by atoms with Crippen molar-refractivity contribution in [1.29, 1.82) is 0 Å². The van der Waals surface area contributed by atoms with Crippen LogP contribution in [-0.4, -0.2) is 12.2 Å². The topological polar surface area (TPSA) is 41.5 Å². The lowest BCUT2D eigenvalue weighted by Crippen LogP contribution is -2.22. The molecule has 0 bridgehead atoms. The molecule has 1 atom stereocenters. The standard InChI is InChI=1S/C18H21NO2/c1-21-17-9-7-15(8-10-17)18(14-5-6-14)19-12-13-3-2-4-16(20)11-13/h2-4,7-11,14,18-20H,5-6,12H2,1H3/t18-/m1/s1. The minimum Gasteiger partial charge on any atom is -0.508 e. The lowest BCUT2D eigenvalue weighted by atomic mass is 10.0. The third kappa shape index (κ3) is 3.56. The SMILES string of the molecule is COc1ccc([C@H](NCc2cccc(O)c2)C2CC2)cc1. The second-order valence-corrected chi connectivity index (χ2v) is 5.64. The van der Waals surface area contributed by atoms with Crippen molar-refractivity contribution in [2.75, 3.05) is 7.11 Å². The maximum atomic E-state index is 9.53. The Morgan fingerprint density at radius 2 is 1.95 bits per heavy atom. The van der Waals surface area contributed by atoms with E-state index in [-0.39, 0.29) is 0 Å². The van der Waals surface area contributed by atoms with E-state index < -0.39 is 0 Å². The van der Waals surface area contributed by atoms with Crippen LogP contribution in [0, 0.1) is 5.92 Å². The summed E-state index contributed by atoms with van der Waals surface area (Å²) in [6, 6.07) is 16.1. The quantitative estimate of drug-likeness (QED) is 0.850. The van der Waals surface area contributed by atoms with Gasteiger partial charge in [-0.15, -0.1) is 0 Å². The van der Waals surface area contributed by atoms with E-state index in [0.717, 1.165) is 23.8 Å². The summed E-state index contributed by atoms with van der Waals surface area (Å²) in [5, 5.41) is 13.2. The van der Waals surface area contributed by atoms with Gasteiger partial charge in [-0.25, -0.2) is 0 Å². The molecule has 0 spiro atoms. The van der Waals surface area contributed by atoms with Gasteiger partial charge in [0.25, 0.3) is 0 Å². The summed E-state index contributed by atoms with van der Waals surface area (Å²) in [6.07, 6.45) is 2.56. The predicted molar refractivity (Wildman–Crippen MR) is 83.4 cm³/mol. The van der Waals surface area contributed by atoms with Crippen LogP contribution in [-0.2, 0) is 6.54 Å². The molecular formula is C18H21NO2. The number of methoxy groups -OCH3 is 1. The zero-order valence-electron chi connectivity index (χ0n) is 12.3. The average molecular weight is 283 g/mol. The number of phenols is 1. The van der Waals surface area contributed by atoms with Gasteiger partial charge in [0.2, 0.25) is 0 Å². The highest BCUT2D eigenvalue weighted by Crippen LogP contribution is 2.41. The molecule has 1 saturated carbocycles. The third-order valence-corrected chi connectivity index (χ3v) is 4.00. The zero-order chi connectivity index (χ0) is 14.7. The Balaban J connectivity index is 1.69. The maximum absolute atomic E-state index is 9.53. The van der Waals surface area contributed by atoms with E-state index in [9.17, 15) is 5.11 Å². The van der Waals surface area contributed by atoms with Crippen LogP contribution in [0.5, 0.6) is 11.5 Å². The highest BCUT2D eigenvalue weighted by atomic mass is 16.5. The van der Waals surface area contributed by atoms with Gasteiger partial charge in [0.15, 0.2) is 0 Å². The number of hydrogen-bond donors (Lipinski definition) is 2. The van der Waals surface area contributed by atoms with E-state index in [4.69, 9.17) is 4.74 Å². The number of phenolic OH excluding ortho intramolecular Hbond substituents is 1. The average Bonchev–Trinajstić information content (AvgIpc) is 3.33. The smallest absolute Gasteiger partial charge is 0.118 e. The molecule has 0 saturated heterocycles. The second-order valence-electron chi connectivity index (χ2n) is 5.64. The first-order valence-corrected chi connectivity index (χ1v) is 7.41. The van der Waals surface area contributed by atoms with E-state index in [2.05, 4.69) is 17.4 Å². The van der Waals surface area contributed by atoms with Gasteiger partial charge in [0.05, 0.1) is 7.11 Å². The van der Waals surface area contributed by atoms with Crippen LogP contribution in [0.1, 0.15) is 30.0 Å². The Morgan fingerprint density at radius 3 is 2.57 bits per heavy atom. The van der Waals surface area contributed by atoms with Crippen molar-refractivity contribution in [3.63, 3.8) is 0 Å². The fraction of sp³-hybridized carbons (Fsp3) is 0.333. The van der Waals surface area contributed by atoms with Gasteiger partial charge >= 0.3 is 0 Å². The number of nitrogens with one attached hydrogen (secondary N) is 1. The van der Waals surface area contributed by atoms with Gasteiger partial charge in [-0.1, -0.05) is 24.3 Å². The lowest BCUT2D eigenvalue weighted by molar-refractivity contribution is 0.413. The van der Waals surface area contributed by atoms with Crippen LogP contribution in [0.3, 0.4) is 0 Å². The molecule has 0 amide bonds. The van der Waals surface area contributed by atoms with Crippen molar-refractivity contribution in [2.24, 2.45) is 5.92 Å². The molecule has 3 rings (SSSR count). The number of ether oxygens (including phenoxy) is 1. The fourth-order valence-corrected chi connectivity index (χ4v) is 2.69. The van der Waals surface area contributed by atoms with Crippen LogP contribution < -0.4 is 10.1 Å². The Hall–Kier alpha value is -2.00. The Labute approximate surface area is 125 Å². The predicted octanol–water partition coefficient (Wildman–Crippen LogP) is 3.64. The highest BCUT2D eigenvalue weighted by Gasteiger charge is 2.31. The van der Waals surface area contributed by atoms with E-state index in [1.54, 1.807) is 13.2 Å². The monoisotopic (exact) mass is 283 g/mol. The Bertz CT molecular complexity index is 590. The molecule has 1 fully saturated rings. The summed E-state index contributed by atoms with van der Waals surface area (Å²) in [4.78, 5) is 0. The van der Waals surface area contributed by atoms with E-state index in [1.165, 1.54) is 18.4 Å². The zero-order valence-corrected chi connectivity index (χ0v) is 12.3. The van der Waals surface area contributed by atoms with Crippen LogP contribution in [0.25, 0.3) is 0 Å². The van der Waals surface area contributed by atoms with Crippen molar-refractivity contribution in [3.05, 3.63) is 59.7 Å². The molecule has 1 aliphatic rings. The molecule has 3 nitrogen and oxygen atoms in total. The van der Waals surface area contributed by atoms with Gasteiger partial charge in [0, 0.05) is 12.6 Å². The molecule has 0 unspecified atom stereocenters. The number of hydrogen-bond acceptors (Lipinski definition) is 3. The largest absolute Gasteiger partial charge is 0.508 e. The van der Waals surface area contributed by atoms with Crippen molar-refractivity contribution < 1.29 is 9.84 Å². The maximum Gasteiger partial charge on any atom is 0.118 e. The normalized spacial score (nSPS) is 15.7. The summed E-state index contributed by atoms with van der Waals surface area (Å²) >= 11 is 0. The molecule has 3 heteroatoms. The third-order valence-electron chi connectivity index (χ3n) is 4.00. The molecule has 0 heterocycles. The molecule has 0 aliphatic heterocycles. The van der Waals surface area contributed by atoms with Gasteiger partial charge < -0.3 is 15.2 Å². The minimum atomic E-state index is 0.321. The molecule has 1 aliphatic carbocycles. The summed E-state index contributed by atoms with van der Waals surface area (Å²) in [5.41, 5.74) is 2.41. The van der Waals surface area contributed by atoms with E-state index >= 15 is 0 Å². The minimum absolute atomic E-state index is 0.321. The Morgan fingerprint density at radius 1 is 1.19 bits per heavy atom. The van der Waals surface area contributed by atoms with Crippen molar-refractivity contribution in [1.82, 2.24) is 5.32 Å². The second kappa shape index (κ2) is 6.19. The van der Waals surface area contributed by atoms with Crippen molar-refractivity contribution in [3.8, 4) is 11.5 Å². The fourth-order valence-electron chi connectivity index (χ4n) is 2.69. The van der Waals surface area contributed by atoms with E-state index in [0.29, 0.717) is 11.8 Å². The van der Waals surface area contributed by atoms with Gasteiger partial charge in [-0.3, -0.25) is 0 Å². The molecule has 2 aromatic carbocycles. The first kappa shape index (κ1) is 14.0. The van der Waals surface area contributed by atoms with Crippen LogP contribution in [0.4, 0.5) is 0 Å². The summed E-state index contributed by atoms with van der Waals surface area (Å²) in [6.45, 7) is 0.765. The molecule has 2 N–H and O–H groups in total. The molecule has 110 valence electrons. The van der Waals surface area contributed by atoms with Gasteiger partial charge in [-0.2, -0.15) is 0 Å². The summed E-state index contributed by atoms with van der Waals surface area (Å²) in [5.74, 6) is 1.93. The molecule has 21 heavy (non-hydrogen) atoms. The summed E-state index contributed by atoms with van der Waals surface area (Å²) in [7, 11) is 1.69. The lowest BCUT2D eigenvalue weighted by Gasteiger charge is -2.19. The van der Waals surface area contributed by atoms with Crippen LogP contribution in [0.2, 0.25) is 0 Å². The number of benzene rings is 2. The van der Waals surface area contributed by atoms with E-state index in [1.807, 2.05) is 30.3 Å². The first-order chi connectivity index (χ1) is 10.3. The summed E-state index contributed by atoms with van der Waals surface area (Å²) < 4.78 is 5.22. The van der Waals surface area contributed by atoms with Crippen LogP contribution >= 0.6 is 0 Å². The number of rotatable bonds is 6. The van der Waals surface area contributed by atoms with Gasteiger partial charge in [0.1, 0.15) is 11.5 Å². The molecule has 2 aromatic rings. The first-order valence-electron chi connectivity index (χ1n) is 7.41. The van der Waals surface area contributed by atoms with Gasteiger partial charge in [-0.05, 0) is 54.2 Å².